The SMILES string of the molecule is O=C(NC(Cc1ccccc1)C1CC1)C1CC12CCNCC2. The minimum absolute atomic E-state index is 0.284. The van der Waals surface area contributed by atoms with Crippen LogP contribution in [0.25, 0.3) is 0 Å². The van der Waals surface area contributed by atoms with Gasteiger partial charge in [0.1, 0.15) is 0 Å². The van der Waals surface area contributed by atoms with Gasteiger partial charge >= 0.3 is 0 Å². The third kappa shape index (κ3) is 2.91. The van der Waals surface area contributed by atoms with Crippen molar-refractivity contribution in [2.45, 2.75) is 44.6 Å². The van der Waals surface area contributed by atoms with Gasteiger partial charge in [-0.3, -0.25) is 4.79 Å². The van der Waals surface area contributed by atoms with E-state index < -0.39 is 0 Å². The molecule has 1 amide bonds. The van der Waals surface area contributed by atoms with Crippen LogP contribution in [0.3, 0.4) is 0 Å². The maximum atomic E-state index is 12.7. The minimum atomic E-state index is 0.284. The summed E-state index contributed by atoms with van der Waals surface area (Å²) in [5.74, 6) is 1.31. The highest BCUT2D eigenvalue weighted by molar-refractivity contribution is 5.83. The summed E-state index contributed by atoms with van der Waals surface area (Å²) < 4.78 is 0. The Kier molecular flexibility index (Phi) is 3.69. The van der Waals surface area contributed by atoms with Crippen molar-refractivity contribution in [1.29, 1.82) is 0 Å². The van der Waals surface area contributed by atoms with Gasteiger partial charge in [0.05, 0.1) is 0 Å². The summed E-state index contributed by atoms with van der Waals surface area (Å²) in [6, 6.07) is 10.9. The zero-order valence-electron chi connectivity index (χ0n) is 13.2. The van der Waals surface area contributed by atoms with Gasteiger partial charge in [0, 0.05) is 12.0 Å². The zero-order valence-corrected chi connectivity index (χ0v) is 13.2. The van der Waals surface area contributed by atoms with Crippen LogP contribution in [-0.4, -0.2) is 25.0 Å². The molecule has 2 atom stereocenters. The molecule has 1 aliphatic heterocycles. The largest absolute Gasteiger partial charge is 0.353 e. The van der Waals surface area contributed by atoms with Crippen LogP contribution in [0.4, 0.5) is 0 Å². The van der Waals surface area contributed by atoms with Gasteiger partial charge in [-0.15, -0.1) is 0 Å². The third-order valence-electron chi connectivity index (χ3n) is 5.92. The molecule has 2 saturated carbocycles. The van der Waals surface area contributed by atoms with E-state index >= 15 is 0 Å². The normalized spacial score (nSPS) is 27.4. The van der Waals surface area contributed by atoms with E-state index in [1.165, 1.54) is 31.2 Å². The smallest absolute Gasteiger partial charge is 0.223 e. The molecule has 4 rings (SSSR count). The maximum Gasteiger partial charge on any atom is 0.223 e. The van der Waals surface area contributed by atoms with Gasteiger partial charge in [-0.05, 0) is 68.5 Å². The molecule has 3 heteroatoms. The molecular formula is C19H26N2O. The number of carbonyl (C=O) groups is 1. The summed E-state index contributed by atoms with van der Waals surface area (Å²) in [7, 11) is 0. The lowest BCUT2D eigenvalue weighted by molar-refractivity contribution is -0.124. The first-order valence-corrected chi connectivity index (χ1v) is 8.82. The van der Waals surface area contributed by atoms with E-state index in [1.54, 1.807) is 0 Å². The Morgan fingerprint density at radius 3 is 2.64 bits per heavy atom. The van der Waals surface area contributed by atoms with E-state index in [1.807, 2.05) is 0 Å². The van der Waals surface area contributed by atoms with Crippen LogP contribution in [0.1, 0.15) is 37.7 Å². The first kappa shape index (κ1) is 14.3. The predicted octanol–water partition coefficient (Wildman–Crippen LogP) is 2.51. The summed E-state index contributed by atoms with van der Waals surface area (Å²) in [4.78, 5) is 12.7. The van der Waals surface area contributed by atoms with Crippen LogP contribution in [-0.2, 0) is 11.2 Å². The van der Waals surface area contributed by atoms with Crippen molar-refractivity contribution >= 4 is 5.91 Å². The molecule has 2 aliphatic carbocycles. The van der Waals surface area contributed by atoms with Gasteiger partial charge in [-0.25, -0.2) is 0 Å². The van der Waals surface area contributed by atoms with Crippen molar-refractivity contribution in [3.05, 3.63) is 35.9 Å². The quantitative estimate of drug-likeness (QED) is 0.877. The molecule has 3 fully saturated rings. The Morgan fingerprint density at radius 1 is 1.23 bits per heavy atom. The number of hydrogen-bond acceptors (Lipinski definition) is 2. The number of benzene rings is 1. The fourth-order valence-corrected chi connectivity index (χ4v) is 4.18. The van der Waals surface area contributed by atoms with Crippen LogP contribution in [0.5, 0.6) is 0 Å². The van der Waals surface area contributed by atoms with E-state index in [4.69, 9.17) is 0 Å². The van der Waals surface area contributed by atoms with E-state index in [-0.39, 0.29) is 5.92 Å². The molecule has 0 radical (unpaired) electrons. The van der Waals surface area contributed by atoms with Crippen molar-refractivity contribution in [3.8, 4) is 0 Å². The van der Waals surface area contributed by atoms with Crippen molar-refractivity contribution < 1.29 is 4.79 Å². The molecule has 1 aromatic rings. The zero-order chi connectivity index (χ0) is 15.0. The average Bonchev–Trinajstić information content (AvgIpc) is 3.45. The van der Waals surface area contributed by atoms with Gasteiger partial charge in [-0.1, -0.05) is 30.3 Å². The number of nitrogens with one attached hydrogen (secondary N) is 2. The van der Waals surface area contributed by atoms with E-state index in [2.05, 4.69) is 41.0 Å². The molecule has 3 aliphatic rings. The summed E-state index contributed by atoms with van der Waals surface area (Å²) in [6.07, 6.45) is 7.01. The lowest BCUT2D eigenvalue weighted by Gasteiger charge is -2.24. The maximum absolute atomic E-state index is 12.7. The number of carbonyl (C=O) groups excluding carboxylic acids is 1. The summed E-state index contributed by atoms with van der Waals surface area (Å²) in [6.45, 7) is 2.17. The molecule has 1 saturated heterocycles. The second kappa shape index (κ2) is 5.69. The molecule has 1 heterocycles. The van der Waals surface area contributed by atoms with Crippen LogP contribution in [0, 0.1) is 17.3 Å². The summed E-state index contributed by atoms with van der Waals surface area (Å²) in [5, 5.41) is 6.81. The van der Waals surface area contributed by atoms with Crippen LogP contribution in [0.15, 0.2) is 30.3 Å². The Labute approximate surface area is 132 Å². The number of rotatable bonds is 5. The first-order chi connectivity index (χ1) is 10.8. The topological polar surface area (TPSA) is 41.1 Å². The number of hydrogen-bond donors (Lipinski definition) is 2. The van der Waals surface area contributed by atoms with Crippen molar-refractivity contribution in [2.75, 3.05) is 13.1 Å². The summed E-state index contributed by atoms with van der Waals surface area (Å²) in [5.41, 5.74) is 1.68. The third-order valence-corrected chi connectivity index (χ3v) is 5.92. The number of amides is 1. The Balaban J connectivity index is 1.37. The number of piperidine rings is 1. The Hall–Kier alpha value is -1.35. The molecule has 118 valence electrons. The fraction of sp³-hybridized carbons (Fsp3) is 0.632. The second-order valence-corrected chi connectivity index (χ2v) is 7.51. The summed E-state index contributed by atoms with van der Waals surface area (Å²) >= 11 is 0. The van der Waals surface area contributed by atoms with Crippen LogP contribution >= 0.6 is 0 Å². The van der Waals surface area contributed by atoms with E-state index in [9.17, 15) is 4.79 Å². The highest BCUT2D eigenvalue weighted by Crippen LogP contribution is 2.58. The Morgan fingerprint density at radius 2 is 1.95 bits per heavy atom. The van der Waals surface area contributed by atoms with Gasteiger partial charge in [0.25, 0.3) is 0 Å². The monoisotopic (exact) mass is 298 g/mol. The molecule has 1 aromatic carbocycles. The Bertz CT molecular complexity index is 532. The molecular weight excluding hydrogens is 272 g/mol. The standard InChI is InChI=1S/C19H26N2O/c22-18(16-13-19(16)8-10-20-11-9-19)21-17(15-6-7-15)12-14-4-2-1-3-5-14/h1-5,15-17,20H,6-13H2,(H,21,22). The van der Waals surface area contributed by atoms with Gasteiger partial charge < -0.3 is 10.6 Å². The minimum Gasteiger partial charge on any atom is -0.353 e. The predicted molar refractivity (Wildman–Crippen MR) is 87.4 cm³/mol. The molecule has 1 spiro atoms. The van der Waals surface area contributed by atoms with Crippen molar-refractivity contribution in [1.82, 2.24) is 10.6 Å². The highest BCUT2D eigenvalue weighted by Gasteiger charge is 2.58. The van der Waals surface area contributed by atoms with Gasteiger partial charge in [0.15, 0.2) is 0 Å². The molecule has 0 aromatic heterocycles. The molecule has 3 nitrogen and oxygen atoms in total. The average molecular weight is 298 g/mol. The molecule has 2 unspecified atom stereocenters. The lowest BCUT2D eigenvalue weighted by atomic mass is 9.91. The lowest BCUT2D eigenvalue weighted by Crippen LogP contribution is -2.41. The first-order valence-electron chi connectivity index (χ1n) is 8.82. The molecule has 2 N–H and O–H groups in total. The fourth-order valence-electron chi connectivity index (χ4n) is 4.18. The van der Waals surface area contributed by atoms with Gasteiger partial charge in [0.2, 0.25) is 5.91 Å². The highest BCUT2D eigenvalue weighted by atomic mass is 16.2. The van der Waals surface area contributed by atoms with Crippen LogP contribution in [0.2, 0.25) is 0 Å². The van der Waals surface area contributed by atoms with Crippen LogP contribution < -0.4 is 10.6 Å². The van der Waals surface area contributed by atoms with Crippen molar-refractivity contribution in [2.24, 2.45) is 17.3 Å². The second-order valence-electron chi connectivity index (χ2n) is 7.51. The van der Waals surface area contributed by atoms with E-state index in [0.29, 0.717) is 23.3 Å². The molecule has 22 heavy (non-hydrogen) atoms. The molecule has 0 bridgehead atoms. The van der Waals surface area contributed by atoms with E-state index in [0.717, 1.165) is 25.9 Å². The van der Waals surface area contributed by atoms with Gasteiger partial charge in [-0.2, -0.15) is 0 Å². The van der Waals surface area contributed by atoms with Crippen molar-refractivity contribution in [3.63, 3.8) is 0 Å².